The van der Waals surface area contributed by atoms with E-state index in [1.165, 1.54) is 11.9 Å². The van der Waals surface area contributed by atoms with E-state index < -0.39 is 0 Å². The largest absolute Gasteiger partial charge is 0.291 e. The zero-order chi connectivity index (χ0) is 11.4. The summed E-state index contributed by atoms with van der Waals surface area (Å²) >= 11 is 1.52. The molecule has 1 aliphatic rings. The van der Waals surface area contributed by atoms with Crippen molar-refractivity contribution in [3.05, 3.63) is 24.3 Å². The van der Waals surface area contributed by atoms with Gasteiger partial charge >= 0.3 is 0 Å². The van der Waals surface area contributed by atoms with E-state index in [-0.39, 0.29) is 6.04 Å². The number of nitrogens with zero attached hydrogens (tertiary/aromatic N) is 2. The average molecular weight is 235 g/mol. The van der Waals surface area contributed by atoms with Crippen LogP contribution in [0.15, 0.2) is 29.2 Å². The minimum absolute atomic E-state index is 0.0169. The molecule has 2 rings (SSSR count). The number of rotatable bonds is 3. The Morgan fingerprint density at radius 2 is 2.31 bits per heavy atom. The molecule has 0 spiro atoms. The van der Waals surface area contributed by atoms with Crippen LogP contribution in [0.5, 0.6) is 0 Å². The molecule has 0 aromatic heterocycles. The molecule has 0 aliphatic carbocycles. The fourth-order valence-electron chi connectivity index (χ4n) is 1.74. The van der Waals surface area contributed by atoms with Gasteiger partial charge in [-0.15, -0.1) is 0 Å². The molecule has 0 saturated carbocycles. The first kappa shape index (κ1) is 11.3. The Hall–Kier alpha value is -1.22. The molecular weight excluding hydrogens is 222 g/mol. The van der Waals surface area contributed by atoms with E-state index in [1.54, 1.807) is 6.07 Å². The van der Waals surface area contributed by atoms with Gasteiger partial charge < -0.3 is 0 Å². The second-order valence-corrected chi connectivity index (χ2v) is 4.72. The first-order valence-corrected chi connectivity index (χ1v) is 5.96. The fourth-order valence-corrected chi connectivity index (χ4v) is 2.85. The molecule has 0 unspecified atom stereocenters. The van der Waals surface area contributed by atoms with Crippen molar-refractivity contribution in [2.75, 3.05) is 12.0 Å². The van der Waals surface area contributed by atoms with Crippen molar-refractivity contribution in [2.45, 2.75) is 23.8 Å². The SMILES string of the molecule is N#C[C@@H]1CCCN1Sc1ccccc1NO. The van der Waals surface area contributed by atoms with E-state index in [0.717, 1.165) is 24.3 Å². The zero-order valence-electron chi connectivity index (χ0n) is 8.76. The number of para-hydroxylation sites is 1. The van der Waals surface area contributed by atoms with E-state index in [0.29, 0.717) is 5.69 Å². The fraction of sp³-hybridized carbons (Fsp3) is 0.364. The number of nitriles is 1. The van der Waals surface area contributed by atoms with Crippen LogP contribution in [-0.2, 0) is 0 Å². The van der Waals surface area contributed by atoms with Crippen molar-refractivity contribution >= 4 is 17.6 Å². The van der Waals surface area contributed by atoms with Gasteiger partial charge in [-0.3, -0.25) is 10.7 Å². The van der Waals surface area contributed by atoms with Crippen molar-refractivity contribution in [1.82, 2.24) is 4.31 Å². The molecule has 2 N–H and O–H groups in total. The van der Waals surface area contributed by atoms with Crippen molar-refractivity contribution in [1.29, 1.82) is 5.26 Å². The third kappa shape index (κ3) is 2.30. The van der Waals surface area contributed by atoms with Gasteiger partial charge in [-0.05, 0) is 36.9 Å². The van der Waals surface area contributed by atoms with Gasteiger partial charge in [0, 0.05) is 11.4 Å². The highest BCUT2D eigenvalue weighted by molar-refractivity contribution is 7.97. The van der Waals surface area contributed by atoms with Gasteiger partial charge in [0.15, 0.2) is 0 Å². The summed E-state index contributed by atoms with van der Waals surface area (Å²) in [4.78, 5) is 0.937. The summed E-state index contributed by atoms with van der Waals surface area (Å²) in [6.45, 7) is 0.919. The van der Waals surface area contributed by atoms with Gasteiger partial charge in [-0.2, -0.15) is 5.26 Å². The molecule has 0 amide bonds. The number of anilines is 1. The van der Waals surface area contributed by atoms with Gasteiger partial charge in [-0.25, -0.2) is 4.31 Å². The third-order valence-electron chi connectivity index (χ3n) is 2.58. The first-order chi connectivity index (χ1) is 7.85. The Morgan fingerprint density at radius 1 is 1.50 bits per heavy atom. The normalized spacial score (nSPS) is 20.6. The second kappa shape index (κ2) is 5.21. The van der Waals surface area contributed by atoms with E-state index in [4.69, 9.17) is 10.5 Å². The monoisotopic (exact) mass is 235 g/mol. The van der Waals surface area contributed by atoms with Crippen LogP contribution in [0.4, 0.5) is 5.69 Å². The molecule has 1 fully saturated rings. The topological polar surface area (TPSA) is 59.3 Å². The second-order valence-electron chi connectivity index (χ2n) is 3.63. The van der Waals surface area contributed by atoms with Crippen LogP contribution in [0.25, 0.3) is 0 Å². The molecule has 0 bridgehead atoms. The summed E-state index contributed by atoms with van der Waals surface area (Å²) in [6.07, 6.45) is 1.98. The Morgan fingerprint density at radius 3 is 3.06 bits per heavy atom. The molecule has 1 aromatic carbocycles. The van der Waals surface area contributed by atoms with Gasteiger partial charge in [-0.1, -0.05) is 12.1 Å². The Balaban J connectivity index is 2.11. The number of hydrogen-bond acceptors (Lipinski definition) is 5. The summed E-state index contributed by atoms with van der Waals surface area (Å²) in [7, 11) is 0. The summed E-state index contributed by atoms with van der Waals surface area (Å²) in [6, 6.07) is 9.78. The number of nitrogens with one attached hydrogen (secondary N) is 1. The van der Waals surface area contributed by atoms with Crippen LogP contribution in [0.3, 0.4) is 0 Å². The highest BCUT2D eigenvalue weighted by Gasteiger charge is 2.25. The summed E-state index contributed by atoms with van der Waals surface area (Å²) < 4.78 is 2.07. The van der Waals surface area contributed by atoms with Gasteiger partial charge in [0.2, 0.25) is 0 Å². The van der Waals surface area contributed by atoms with Crippen LogP contribution >= 0.6 is 11.9 Å². The highest BCUT2D eigenvalue weighted by Crippen LogP contribution is 2.34. The minimum Gasteiger partial charge on any atom is -0.291 e. The van der Waals surface area contributed by atoms with Crippen molar-refractivity contribution in [3.8, 4) is 6.07 Å². The summed E-state index contributed by atoms with van der Waals surface area (Å²) in [5.41, 5.74) is 2.85. The molecule has 0 radical (unpaired) electrons. The van der Waals surface area contributed by atoms with Crippen LogP contribution < -0.4 is 5.48 Å². The molecule has 1 heterocycles. The molecule has 1 atom stereocenters. The highest BCUT2D eigenvalue weighted by atomic mass is 32.2. The predicted molar refractivity (Wildman–Crippen MR) is 63.0 cm³/mol. The van der Waals surface area contributed by atoms with E-state index in [1.807, 2.05) is 18.2 Å². The summed E-state index contributed by atoms with van der Waals surface area (Å²) in [5, 5.41) is 17.9. The van der Waals surface area contributed by atoms with Crippen molar-refractivity contribution in [3.63, 3.8) is 0 Å². The van der Waals surface area contributed by atoms with Crippen LogP contribution in [0.1, 0.15) is 12.8 Å². The third-order valence-corrected chi connectivity index (χ3v) is 3.80. The molecule has 84 valence electrons. The van der Waals surface area contributed by atoms with Crippen LogP contribution in [0.2, 0.25) is 0 Å². The Bertz CT molecular complexity index is 404. The van der Waals surface area contributed by atoms with E-state index >= 15 is 0 Å². The molecule has 1 aromatic rings. The van der Waals surface area contributed by atoms with Gasteiger partial charge in [0.05, 0.1) is 11.8 Å². The van der Waals surface area contributed by atoms with Crippen LogP contribution in [0, 0.1) is 11.3 Å². The smallest absolute Gasteiger partial charge is 0.107 e. The Kier molecular flexibility index (Phi) is 3.67. The molecular formula is C11H13N3OS. The Labute approximate surface area is 99.0 Å². The van der Waals surface area contributed by atoms with Crippen LogP contribution in [-0.4, -0.2) is 22.1 Å². The lowest BCUT2D eigenvalue weighted by molar-refractivity contribution is 0.387. The average Bonchev–Trinajstić information content (AvgIpc) is 2.77. The minimum atomic E-state index is -0.0169. The van der Waals surface area contributed by atoms with Gasteiger partial charge in [0.1, 0.15) is 6.04 Å². The lowest BCUT2D eigenvalue weighted by Gasteiger charge is -2.18. The van der Waals surface area contributed by atoms with E-state index in [2.05, 4.69) is 15.9 Å². The quantitative estimate of drug-likeness (QED) is 0.622. The molecule has 1 aliphatic heterocycles. The van der Waals surface area contributed by atoms with Crippen molar-refractivity contribution < 1.29 is 5.21 Å². The molecule has 4 nitrogen and oxygen atoms in total. The van der Waals surface area contributed by atoms with Crippen molar-refractivity contribution in [2.24, 2.45) is 0 Å². The standard InChI is InChI=1S/C11H13N3OS/c12-8-9-4-3-7-14(9)16-11-6-2-1-5-10(11)13-15/h1-2,5-6,9,13,15H,3-4,7H2/t9-/m0/s1. The predicted octanol–water partition coefficient (Wildman–Crippen LogP) is 2.48. The van der Waals surface area contributed by atoms with E-state index in [9.17, 15) is 0 Å². The maximum Gasteiger partial charge on any atom is 0.107 e. The molecule has 5 heteroatoms. The number of hydrogen-bond donors (Lipinski definition) is 2. The lowest BCUT2D eigenvalue weighted by atomic mass is 10.2. The molecule has 1 saturated heterocycles. The lowest BCUT2D eigenvalue weighted by Crippen LogP contribution is -2.20. The maximum absolute atomic E-state index is 8.97. The van der Waals surface area contributed by atoms with Gasteiger partial charge in [0.25, 0.3) is 0 Å². The molecule has 16 heavy (non-hydrogen) atoms. The zero-order valence-corrected chi connectivity index (χ0v) is 9.57. The maximum atomic E-state index is 8.97. The number of benzene rings is 1. The first-order valence-electron chi connectivity index (χ1n) is 5.18. The summed E-state index contributed by atoms with van der Waals surface area (Å²) in [5.74, 6) is 0.